The van der Waals surface area contributed by atoms with Crippen LogP contribution in [0.4, 0.5) is 11.4 Å². The Bertz CT molecular complexity index is 1530. The minimum absolute atomic E-state index is 0.173. The predicted octanol–water partition coefficient (Wildman–Crippen LogP) is 2.73. The summed E-state index contributed by atoms with van der Waals surface area (Å²) in [6.45, 7) is 0. The van der Waals surface area contributed by atoms with E-state index < -0.39 is 30.8 Å². The predicted molar refractivity (Wildman–Crippen MR) is 125 cm³/mol. The lowest BCUT2D eigenvalue weighted by Crippen LogP contribution is -2.96. The smallest absolute Gasteiger partial charge is 0.295 e. The second-order valence-electron chi connectivity index (χ2n) is 7.32. The van der Waals surface area contributed by atoms with E-state index in [9.17, 15) is 27.3 Å². The van der Waals surface area contributed by atoms with Gasteiger partial charge < -0.3 is 24.8 Å². The minimum Gasteiger partial charge on any atom is -0.628 e. The molecule has 178 valence electrons. The third kappa shape index (κ3) is 4.90. The van der Waals surface area contributed by atoms with Crippen molar-refractivity contribution < 1.29 is 31.2 Å². The molecule has 0 radical (unpaired) electrons. The quantitative estimate of drug-likeness (QED) is 0.348. The van der Waals surface area contributed by atoms with Crippen LogP contribution in [0, 0.1) is 10.4 Å². The first-order valence-corrected chi connectivity index (χ1v) is 12.9. The first-order chi connectivity index (χ1) is 16.1. The average molecular weight is 504 g/mol. The molecule has 0 atom stereocenters. The number of anilines is 1. The molecule has 1 aromatic heterocycles. The molecule has 0 aliphatic carbocycles. The zero-order chi connectivity index (χ0) is 24.5. The fraction of sp³-hybridized carbons (Fsp3) is 0.0909. The van der Waals surface area contributed by atoms with Crippen LogP contribution < -0.4 is 14.7 Å². The van der Waals surface area contributed by atoms with Crippen LogP contribution in [0.25, 0.3) is 11.0 Å². The van der Waals surface area contributed by atoms with Crippen molar-refractivity contribution in [1.29, 1.82) is 0 Å². The monoisotopic (exact) mass is 503 g/mol. The zero-order valence-corrected chi connectivity index (χ0v) is 19.4. The van der Waals surface area contributed by atoms with Crippen molar-refractivity contribution in [3.05, 3.63) is 88.8 Å². The molecular weight excluding hydrogens is 484 g/mol. The van der Waals surface area contributed by atoms with Crippen molar-refractivity contribution in [2.24, 2.45) is 0 Å². The summed E-state index contributed by atoms with van der Waals surface area (Å²) in [5.41, 5.74) is 0.141. The summed E-state index contributed by atoms with van der Waals surface area (Å²) in [5, 5.41) is 21.0. The zero-order valence-electron chi connectivity index (χ0n) is 17.7. The molecular formula is C22H19N2O8S2-. The molecule has 0 fully saturated rings. The molecule has 2 N–H and O–H groups in total. The summed E-state index contributed by atoms with van der Waals surface area (Å²) in [6.07, 6.45) is 0. The number of hydrogen-bond acceptors (Lipinski definition) is 8. The average Bonchev–Trinajstić information content (AvgIpc) is 3.24. The Morgan fingerprint density at radius 3 is 2.41 bits per heavy atom. The highest BCUT2D eigenvalue weighted by molar-refractivity contribution is 7.93. The Hall–Kier alpha value is -3.42. The number of sulfonamides is 1. The lowest BCUT2D eigenvalue weighted by atomic mass is 10.2. The SMILES string of the molecule is COc1ccc(S(=O)(=O)Cc2cccc([NH+]([O-])[O-])c2)c(NS(=O)(=O)c2cc3ccccc3o2)c1. The highest BCUT2D eigenvalue weighted by Gasteiger charge is 2.26. The van der Waals surface area contributed by atoms with Gasteiger partial charge in [0, 0.05) is 23.6 Å². The molecule has 0 amide bonds. The number of quaternary nitrogens is 1. The van der Waals surface area contributed by atoms with Crippen LogP contribution in [0.1, 0.15) is 5.56 Å². The van der Waals surface area contributed by atoms with Crippen LogP contribution in [-0.4, -0.2) is 23.9 Å². The molecule has 0 unspecified atom stereocenters. The van der Waals surface area contributed by atoms with Crippen LogP contribution in [0.2, 0.25) is 0 Å². The van der Waals surface area contributed by atoms with E-state index in [1.807, 2.05) is 0 Å². The lowest BCUT2D eigenvalue weighted by molar-refractivity contribution is -0.715. The van der Waals surface area contributed by atoms with Crippen LogP contribution in [0.15, 0.2) is 87.2 Å². The fourth-order valence-corrected chi connectivity index (χ4v) is 5.96. The lowest BCUT2D eigenvalue weighted by Gasteiger charge is -2.24. The topological polar surface area (TPSA) is 153 Å². The van der Waals surface area contributed by atoms with Crippen molar-refractivity contribution in [2.45, 2.75) is 15.7 Å². The van der Waals surface area contributed by atoms with Gasteiger partial charge in [-0.25, -0.2) is 8.42 Å². The Kier molecular flexibility index (Phi) is 6.34. The summed E-state index contributed by atoms with van der Waals surface area (Å²) >= 11 is 0. The van der Waals surface area contributed by atoms with Crippen molar-refractivity contribution in [3.63, 3.8) is 0 Å². The first kappa shape index (κ1) is 23.7. The Labute approximate surface area is 195 Å². The standard InChI is InChI=1S/C22H19N2O8S2/c1-31-18-9-10-21(33(27,28)14-15-5-4-7-17(11-15)24(25)26)19(13-18)23-34(29,30)22-12-16-6-2-3-8-20(16)32-22/h2-13,23-24H,14H2,1H3/q-1. The number of sulfone groups is 1. The Balaban J connectivity index is 1.72. The second kappa shape index (κ2) is 9.08. The van der Waals surface area contributed by atoms with Crippen molar-refractivity contribution in [3.8, 4) is 5.75 Å². The van der Waals surface area contributed by atoms with Crippen LogP contribution in [0.5, 0.6) is 5.75 Å². The molecule has 0 bridgehead atoms. The summed E-state index contributed by atoms with van der Waals surface area (Å²) < 4.78 is 65.3. The molecule has 1 heterocycles. The number of hydrogen-bond donors (Lipinski definition) is 2. The van der Waals surface area contributed by atoms with Gasteiger partial charge >= 0.3 is 0 Å². The highest BCUT2D eigenvalue weighted by atomic mass is 32.2. The van der Waals surface area contributed by atoms with Gasteiger partial charge in [-0.05, 0) is 29.8 Å². The molecule has 34 heavy (non-hydrogen) atoms. The van der Waals surface area contributed by atoms with Gasteiger partial charge in [0.25, 0.3) is 10.0 Å². The van der Waals surface area contributed by atoms with Gasteiger partial charge in [-0.1, -0.05) is 30.3 Å². The first-order valence-electron chi connectivity index (χ1n) is 9.81. The number of para-hydroxylation sites is 1. The molecule has 4 aromatic rings. The molecule has 10 nitrogen and oxygen atoms in total. The van der Waals surface area contributed by atoms with Gasteiger partial charge in [0.05, 0.1) is 23.4 Å². The van der Waals surface area contributed by atoms with E-state index in [1.54, 1.807) is 24.3 Å². The molecule has 0 saturated heterocycles. The molecule has 0 aliphatic rings. The second-order valence-corrected chi connectivity index (χ2v) is 10.9. The summed E-state index contributed by atoms with van der Waals surface area (Å²) in [5.74, 6) is -0.347. The maximum atomic E-state index is 13.2. The van der Waals surface area contributed by atoms with Crippen LogP contribution >= 0.6 is 0 Å². The number of rotatable bonds is 8. The number of methoxy groups -OCH3 is 1. The van der Waals surface area contributed by atoms with Gasteiger partial charge in [-0.3, -0.25) is 4.72 Å². The number of furan rings is 1. The molecule has 3 aromatic carbocycles. The largest absolute Gasteiger partial charge is 0.628 e. The molecule has 0 spiro atoms. The van der Waals surface area contributed by atoms with Crippen molar-refractivity contribution in [2.75, 3.05) is 11.8 Å². The molecule has 0 aliphatic heterocycles. The summed E-state index contributed by atoms with van der Waals surface area (Å²) in [4.78, 5) is -0.313. The normalized spacial score (nSPS) is 12.2. The minimum atomic E-state index is -4.30. The molecule has 4 rings (SSSR count). The molecule has 12 heteroatoms. The third-order valence-corrected chi connectivity index (χ3v) is 7.91. The maximum Gasteiger partial charge on any atom is 0.295 e. The summed E-state index contributed by atoms with van der Waals surface area (Å²) in [6, 6.07) is 17.2. The van der Waals surface area contributed by atoms with Crippen LogP contribution in [-0.2, 0) is 25.6 Å². The number of nitrogens with one attached hydrogen (secondary N) is 2. The van der Waals surface area contributed by atoms with Gasteiger partial charge in [0.1, 0.15) is 17.0 Å². The fourth-order valence-electron chi connectivity index (χ4n) is 3.36. The summed E-state index contributed by atoms with van der Waals surface area (Å²) in [7, 11) is -7.06. The number of fused-ring (bicyclic) bond motifs is 1. The molecule has 0 saturated carbocycles. The third-order valence-electron chi connectivity index (χ3n) is 4.95. The van der Waals surface area contributed by atoms with Gasteiger partial charge in [-0.15, -0.1) is 0 Å². The van der Waals surface area contributed by atoms with Crippen LogP contribution in [0.3, 0.4) is 0 Å². The Morgan fingerprint density at radius 2 is 1.71 bits per heavy atom. The number of ether oxygens (including phenoxy) is 1. The van der Waals surface area contributed by atoms with E-state index in [2.05, 4.69) is 4.72 Å². The van der Waals surface area contributed by atoms with Crippen molar-refractivity contribution >= 4 is 42.2 Å². The van der Waals surface area contributed by atoms with E-state index in [4.69, 9.17) is 9.15 Å². The van der Waals surface area contributed by atoms with Gasteiger partial charge in [0.15, 0.2) is 9.84 Å². The van der Waals surface area contributed by atoms with E-state index >= 15 is 0 Å². The van der Waals surface area contributed by atoms with E-state index in [0.717, 1.165) is 0 Å². The maximum absolute atomic E-state index is 13.2. The van der Waals surface area contributed by atoms with E-state index in [0.29, 0.717) is 11.0 Å². The van der Waals surface area contributed by atoms with E-state index in [1.165, 1.54) is 55.6 Å². The Morgan fingerprint density at radius 1 is 0.941 bits per heavy atom. The number of benzene rings is 3. The van der Waals surface area contributed by atoms with E-state index in [-0.39, 0.29) is 32.7 Å². The van der Waals surface area contributed by atoms with Crippen molar-refractivity contribution in [1.82, 2.24) is 0 Å². The van der Waals surface area contributed by atoms with Gasteiger partial charge in [-0.2, -0.15) is 8.42 Å². The highest BCUT2D eigenvalue weighted by Crippen LogP contribution is 2.32. The van der Waals surface area contributed by atoms with Gasteiger partial charge in [0.2, 0.25) is 5.09 Å².